The summed E-state index contributed by atoms with van der Waals surface area (Å²) >= 11 is -1.22. The van der Waals surface area contributed by atoms with Crippen molar-refractivity contribution >= 4 is 45.9 Å². The Bertz CT molecular complexity index is 2740. The molecule has 19 heteroatoms. The zero-order chi connectivity index (χ0) is 46.5. The van der Waals surface area contributed by atoms with Crippen LogP contribution in [0.5, 0.6) is 0 Å². The molecule has 2 saturated heterocycles. The Morgan fingerprint density at radius 2 is 1.06 bits per heavy atom. The number of H-pyrrole nitrogens is 2. The molecule has 4 amide bonds. The maximum absolute atomic E-state index is 14.2. The van der Waals surface area contributed by atoms with Crippen molar-refractivity contribution in [2.75, 3.05) is 33.6 Å². The molecule has 8 rings (SSSR count). The first-order valence-electron chi connectivity index (χ1n) is 21.1. The van der Waals surface area contributed by atoms with E-state index in [-0.39, 0.29) is 30.7 Å². The quantitative estimate of drug-likeness (QED) is 0.0707. The van der Waals surface area contributed by atoms with Crippen LogP contribution in [-0.4, -0.2) is 111 Å². The lowest BCUT2D eigenvalue weighted by molar-refractivity contribution is -0.135. The van der Waals surface area contributed by atoms with Crippen LogP contribution in [0.2, 0.25) is 0 Å². The number of thiol groups is 1. The first kappa shape index (κ1) is 45.6. The summed E-state index contributed by atoms with van der Waals surface area (Å²) in [5, 5.41) is 4.17. The monoisotopic (exact) mass is 932 g/mol. The van der Waals surface area contributed by atoms with Crippen LogP contribution in [-0.2, 0) is 40.9 Å². The van der Waals surface area contributed by atoms with Crippen LogP contribution in [0.25, 0.3) is 33.6 Å². The van der Waals surface area contributed by atoms with Crippen molar-refractivity contribution in [3.63, 3.8) is 0 Å². The lowest BCUT2D eigenvalue weighted by Crippen LogP contribution is -2.43. The van der Waals surface area contributed by atoms with Crippen LogP contribution in [0, 0.1) is 0 Å². The van der Waals surface area contributed by atoms with Crippen molar-refractivity contribution in [3.8, 4) is 33.6 Å². The van der Waals surface area contributed by atoms with Crippen molar-refractivity contribution in [1.82, 2.24) is 40.4 Å². The highest BCUT2D eigenvalue weighted by atomic mass is 32.2. The summed E-state index contributed by atoms with van der Waals surface area (Å²) in [5.74, 6) is 0.105. The zero-order valence-electron chi connectivity index (χ0n) is 36.2. The maximum atomic E-state index is 14.2. The molecule has 0 aliphatic carbocycles. The number of alkyl carbamates (subject to hydrolysis) is 2. The maximum Gasteiger partial charge on any atom is 0.407 e. The van der Waals surface area contributed by atoms with Crippen LogP contribution in [0.1, 0.15) is 59.8 Å². The number of nitrogens with zero attached hydrogens (tertiary/aromatic N) is 4. The van der Waals surface area contributed by atoms with Gasteiger partial charge in [0.2, 0.25) is 0 Å². The number of methoxy groups -OCH3 is 2. The number of carbonyl (C=O) groups is 4. The third-order valence-corrected chi connectivity index (χ3v) is 14.3. The number of likely N-dealkylation sites (tertiary alicyclic amines) is 2. The summed E-state index contributed by atoms with van der Waals surface area (Å²) in [7, 11) is -0.414. The molecule has 2 fully saturated rings. The Hall–Kier alpha value is -6.96. The van der Waals surface area contributed by atoms with Gasteiger partial charge in [0.15, 0.2) is 0 Å². The van der Waals surface area contributed by atoms with Crippen LogP contribution in [0.4, 0.5) is 9.59 Å². The van der Waals surface area contributed by atoms with Gasteiger partial charge in [-0.2, -0.15) is 0 Å². The molecule has 0 spiro atoms. The van der Waals surface area contributed by atoms with E-state index in [2.05, 4.69) is 30.6 Å². The molecular formula is C47H48N8O9S2. The van der Waals surface area contributed by atoms with E-state index in [1.165, 1.54) is 19.1 Å². The van der Waals surface area contributed by atoms with Crippen molar-refractivity contribution in [2.45, 2.75) is 47.5 Å². The number of aromatic amines is 2. The zero-order valence-corrected chi connectivity index (χ0v) is 37.9. The molecule has 4 aromatic carbocycles. The third-order valence-electron chi connectivity index (χ3n) is 12.1. The number of hydrogen-bond acceptors (Lipinski definition) is 11. The van der Waals surface area contributed by atoms with Gasteiger partial charge in [0, 0.05) is 13.0 Å². The average Bonchev–Trinajstić information content (AvgIpc) is 4.19. The van der Waals surface area contributed by atoms with E-state index in [0.717, 1.165) is 27.9 Å². The SMILES string of the molecule is COC(=O)N[C@H](C(=O)N1CC([SH](=O)=O)C[C@H]1c1ncc(-c2ccc(-c3ccc(-c4cnc([C@@H]5C[C@H]([S+](C)[O-])CN5C(=O)[C@@H](NC(=O)OC)c5ccccc5)[nH]4)cc3)cc2)[nH]1)c1ccccc1. The minimum Gasteiger partial charge on any atom is -0.616 e. The summed E-state index contributed by atoms with van der Waals surface area (Å²) in [6.07, 6.45) is 3.99. The molecule has 0 bridgehead atoms. The fourth-order valence-electron chi connectivity index (χ4n) is 8.55. The van der Waals surface area contributed by atoms with E-state index in [1.807, 2.05) is 54.6 Å². The fourth-order valence-corrected chi connectivity index (χ4v) is 10.1. The Balaban J connectivity index is 0.971. The van der Waals surface area contributed by atoms with Crippen LogP contribution >= 0.6 is 0 Å². The van der Waals surface area contributed by atoms with Gasteiger partial charge in [-0.1, -0.05) is 120 Å². The molecule has 17 nitrogen and oxygen atoms in total. The molecule has 342 valence electrons. The molecule has 66 heavy (non-hydrogen) atoms. The summed E-state index contributed by atoms with van der Waals surface area (Å²) in [5.41, 5.74) is 6.08. The predicted octanol–water partition coefficient (Wildman–Crippen LogP) is 5.60. The lowest BCUT2D eigenvalue weighted by atomic mass is 10.0. The number of ether oxygens (including phenoxy) is 2. The first-order chi connectivity index (χ1) is 31.9. The normalized spacial score (nSPS) is 19.5. The van der Waals surface area contributed by atoms with Gasteiger partial charge >= 0.3 is 12.2 Å². The number of amides is 4. The Labute approximate surface area is 385 Å². The standard InChI is InChI=1S/C47H48N8O9S2/c1-63-46(58)52-40(32-10-6-4-7-11-32)44(56)54-26-34(65(3)60)22-38(54)42-48-24-36(50-42)30-18-14-28(15-19-30)29-16-20-31(21-17-29)37-25-49-43(51-37)39-23-35(66(61)62)27-55(39)45(57)41(53-47(59)64-2)33-12-8-5-9-13-33/h4-21,24-25,34-35,38-41,66H,22-23,26-27H2,1-3H3,(H,48,50)(H,49,51)(H,52,58)(H,53,59)/t34-,35?,38-,39-,40-,41-,65?/m0/s1. The molecule has 4 heterocycles. The van der Waals surface area contributed by atoms with Crippen LogP contribution in [0.15, 0.2) is 122 Å². The fraction of sp³-hybridized carbons (Fsp3) is 0.277. The minimum absolute atomic E-state index is 0.0601. The van der Waals surface area contributed by atoms with Crippen LogP contribution in [0.3, 0.4) is 0 Å². The molecular weight excluding hydrogens is 885 g/mol. The molecule has 2 aliphatic rings. The Morgan fingerprint density at radius 3 is 1.47 bits per heavy atom. The highest BCUT2D eigenvalue weighted by Crippen LogP contribution is 2.38. The number of aromatic nitrogens is 4. The molecule has 6 aromatic rings. The number of benzene rings is 4. The second-order valence-electron chi connectivity index (χ2n) is 16.0. The van der Waals surface area contributed by atoms with Gasteiger partial charge in [0.05, 0.1) is 68.1 Å². The highest BCUT2D eigenvalue weighted by molar-refractivity contribution is 7.91. The van der Waals surface area contributed by atoms with E-state index < -0.39 is 69.4 Å². The van der Waals surface area contributed by atoms with Crippen molar-refractivity contribution in [3.05, 3.63) is 144 Å². The molecule has 7 atom stereocenters. The molecule has 4 N–H and O–H groups in total. The highest BCUT2D eigenvalue weighted by Gasteiger charge is 2.45. The second-order valence-corrected chi connectivity index (χ2v) is 19.0. The summed E-state index contributed by atoms with van der Waals surface area (Å²) in [4.78, 5) is 72.0. The number of hydrogen-bond donors (Lipinski definition) is 5. The first-order valence-corrected chi connectivity index (χ1v) is 24.0. The van der Waals surface area contributed by atoms with Gasteiger partial charge in [0.1, 0.15) is 39.7 Å². The molecule has 0 saturated carbocycles. The van der Waals surface area contributed by atoms with Gasteiger partial charge in [-0.05, 0) is 39.8 Å². The Morgan fingerprint density at radius 1 is 0.652 bits per heavy atom. The van der Waals surface area contributed by atoms with Gasteiger partial charge < -0.3 is 44.4 Å². The second kappa shape index (κ2) is 20.1. The van der Waals surface area contributed by atoms with Crippen molar-refractivity contribution in [1.29, 1.82) is 0 Å². The van der Waals surface area contributed by atoms with Gasteiger partial charge in [0.25, 0.3) is 11.8 Å². The third kappa shape index (κ3) is 9.82. The number of nitrogens with one attached hydrogen (secondary N) is 4. The molecule has 2 aromatic heterocycles. The Kier molecular flexibility index (Phi) is 13.9. The van der Waals surface area contributed by atoms with E-state index in [9.17, 15) is 32.1 Å². The minimum atomic E-state index is -2.85. The summed E-state index contributed by atoms with van der Waals surface area (Å²) < 4.78 is 46.8. The van der Waals surface area contributed by atoms with E-state index in [1.54, 1.807) is 78.1 Å². The molecule has 2 unspecified atom stereocenters. The van der Waals surface area contributed by atoms with E-state index in [4.69, 9.17) is 9.47 Å². The number of carbonyl (C=O) groups excluding carboxylic acids is 4. The van der Waals surface area contributed by atoms with Gasteiger partial charge in [-0.15, -0.1) is 0 Å². The largest absolute Gasteiger partial charge is 0.616 e. The van der Waals surface area contributed by atoms with Crippen molar-refractivity contribution in [2.24, 2.45) is 0 Å². The smallest absolute Gasteiger partial charge is 0.407 e. The van der Waals surface area contributed by atoms with Crippen LogP contribution < -0.4 is 10.6 Å². The predicted molar refractivity (Wildman–Crippen MR) is 247 cm³/mol. The van der Waals surface area contributed by atoms with Gasteiger partial charge in [-0.3, -0.25) is 9.59 Å². The molecule has 2 aliphatic heterocycles. The lowest BCUT2D eigenvalue weighted by Gasteiger charge is -2.28. The molecule has 0 radical (unpaired) electrons. The topological polar surface area (TPSA) is 232 Å². The average molecular weight is 933 g/mol. The summed E-state index contributed by atoms with van der Waals surface area (Å²) in [6.45, 7) is 0.166. The van der Waals surface area contributed by atoms with E-state index >= 15 is 0 Å². The number of rotatable bonds is 13. The van der Waals surface area contributed by atoms with Crippen molar-refractivity contribution < 1.29 is 41.6 Å². The number of imidazole rings is 2. The van der Waals surface area contributed by atoms with E-state index in [0.29, 0.717) is 34.9 Å². The summed E-state index contributed by atoms with van der Waals surface area (Å²) in [6, 6.07) is 30.0. The van der Waals surface area contributed by atoms with Gasteiger partial charge in [-0.25, -0.2) is 28.0 Å².